The summed E-state index contributed by atoms with van der Waals surface area (Å²) in [7, 11) is 1.23. The van der Waals surface area contributed by atoms with E-state index in [1.807, 2.05) is 0 Å². The largest absolute Gasteiger partial charge is 0.463 e. The van der Waals surface area contributed by atoms with Crippen molar-refractivity contribution < 1.29 is 22.7 Å². The number of hydrogen-bond donors (Lipinski definition) is 1. The van der Waals surface area contributed by atoms with E-state index in [1.165, 1.54) is 25.3 Å². The average Bonchev–Trinajstić information content (AvgIpc) is 2.86. The summed E-state index contributed by atoms with van der Waals surface area (Å²) in [4.78, 5) is 11.2. The number of carbonyl (C=O) groups is 1. The van der Waals surface area contributed by atoms with Crippen LogP contribution in [0.1, 0.15) is 16.3 Å². The maximum atomic E-state index is 13.3. The first kappa shape index (κ1) is 13.1. The van der Waals surface area contributed by atoms with Crippen LogP contribution in [0.2, 0.25) is 0 Å². The molecule has 0 radical (unpaired) electrons. The van der Waals surface area contributed by atoms with E-state index in [2.05, 4.69) is 10.1 Å². The van der Waals surface area contributed by atoms with Gasteiger partial charge in [0.2, 0.25) is 5.76 Å². The SMILES string of the molecule is COC(=O)c1ccc(CNc2c(F)cccc2F)o1. The lowest BCUT2D eigenvalue weighted by Gasteiger charge is -2.06. The van der Waals surface area contributed by atoms with Gasteiger partial charge in [-0.1, -0.05) is 6.07 Å². The quantitative estimate of drug-likeness (QED) is 0.865. The van der Waals surface area contributed by atoms with E-state index in [9.17, 15) is 13.6 Å². The number of furan rings is 1. The molecular weight excluding hydrogens is 256 g/mol. The standard InChI is InChI=1S/C13H11F2NO3/c1-18-13(17)11-6-5-8(19-11)7-16-12-9(14)3-2-4-10(12)15/h2-6,16H,7H2,1H3. The molecule has 19 heavy (non-hydrogen) atoms. The highest BCUT2D eigenvalue weighted by Crippen LogP contribution is 2.19. The van der Waals surface area contributed by atoms with Crippen molar-refractivity contribution >= 4 is 11.7 Å². The second-order valence-electron chi connectivity index (χ2n) is 3.71. The zero-order chi connectivity index (χ0) is 13.8. The molecule has 0 aliphatic rings. The molecule has 0 aliphatic heterocycles. The van der Waals surface area contributed by atoms with Gasteiger partial charge in [-0.15, -0.1) is 0 Å². The smallest absolute Gasteiger partial charge is 0.373 e. The molecule has 0 unspecified atom stereocenters. The van der Waals surface area contributed by atoms with Gasteiger partial charge in [-0.25, -0.2) is 13.6 Å². The summed E-state index contributed by atoms with van der Waals surface area (Å²) in [5.41, 5.74) is -0.237. The van der Waals surface area contributed by atoms with Gasteiger partial charge in [0.1, 0.15) is 23.1 Å². The third-order valence-corrected chi connectivity index (χ3v) is 2.45. The minimum Gasteiger partial charge on any atom is -0.463 e. The minimum atomic E-state index is -0.695. The molecule has 1 aromatic heterocycles. The maximum absolute atomic E-state index is 13.3. The third kappa shape index (κ3) is 2.90. The van der Waals surface area contributed by atoms with E-state index in [1.54, 1.807) is 0 Å². The molecule has 1 aromatic carbocycles. The Hall–Kier alpha value is -2.37. The number of carbonyl (C=O) groups excluding carboxylic acids is 1. The first-order valence-corrected chi connectivity index (χ1v) is 5.46. The fraction of sp³-hybridized carbons (Fsp3) is 0.154. The molecule has 100 valence electrons. The van der Waals surface area contributed by atoms with Crippen LogP contribution in [0.25, 0.3) is 0 Å². The lowest BCUT2D eigenvalue weighted by molar-refractivity contribution is 0.0563. The Balaban J connectivity index is 2.07. The molecule has 1 N–H and O–H groups in total. The van der Waals surface area contributed by atoms with E-state index in [0.29, 0.717) is 5.76 Å². The van der Waals surface area contributed by atoms with Gasteiger partial charge in [0.25, 0.3) is 0 Å². The molecule has 0 bridgehead atoms. The van der Waals surface area contributed by atoms with Crippen LogP contribution in [-0.4, -0.2) is 13.1 Å². The van der Waals surface area contributed by atoms with E-state index in [4.69, 9.17) is 4.42 Å². The Morgan fingerprint density at radius 1 is 1.26 bits per heavy atom. The van der Waals surface area contributed by atoms with Crippen LogP contribution in [-0.2, 0) is 11.3 Å². The first-order chi connectivity index (χ1) is 9.11. The summed E-state index contributed by atoms with van der Waals surface area (Å²) in [5.74, 6) is -1.60. The van der Waals surface area contributed by atoms with Crippen LogP contribution >= 0.6 is 0 Å². The van der Waals surface area contributed by atoms with E-state index in [0.717, 1.165) is 12.1 Å². The van der Waals surface area contributed by atoms with Crippen molar-refractivity contribution in [2.24, 2.45) is 0 Å². The lowest BCUT2D eigenvalue weighted by atomic mass is 10.3. The summed E-state index contributed by atoms with van der Waals surface area (Å²) in [6.45, 7) is 0.0504. The van der Waals surface area contributed by atoms with E-state index < -0.39 is 17.6 Å². The van der Waals surface area contributed by atoms with Crippen molar-refractivity contribution in [2.75, 3.05) is 12.4 Å². The predicted octanol–water partition coefficient (Wildman–Crippen LogP) is 2.96. The number of anilines is 1. The van der Waals surface area contributed by atoms with Crippen molar-refractivity contribution in [1.29, 1.82) is 0 Å². The average molecular weight is 267 g/mol. The van der Waals surface area contributed by atoms with Gasteiger partial charge in [0.05, 0.1) is 13.7 Å². The Labute approximate surface area is 108 Å². The second-order valence-corrected chi connectivity index (χ2v) is 3.71. The molecule has 0 saturated heterocycles. The highest BCUT2D eigenvalue weighted by molar-refractivity contribution is 5.86. The van der Waals surface area contributed by atoms with Crippen molar-refractivity contribution in [3.05, 3.63) is 53.5 Å². The Morgan fingerprint density at radius 2 is 1.95 bits per heavy atom. The van der Waals surface area contributed by atoms with Crippen LogP contribution in [0, 0.1) is 11.6 Å². The van der Waals surface area contributed by atoms with Gasteiger partial charge in [0.15, 0.2) is 0 Å². The van der Waals surface area contributed by atoms with Crippen molar-refractivity contribution in [2.45, 2.75) is 6.54 Å². The molecule has 0 amide bonds. The normalized spacial score (nSPS) is 10.3. The topological polar surface area (TPSA) is 51.5 Å². The molecule has 2 aromatic rings. The summed E-state index contributed by atoms with van der Waals surface area (Å²) in [6, 6.07) is 6.53. The molecular formula is C13H11F2NO3. The number of ether oxygens (including phenoxy) is 1. The lowest BCUT2D eigenvalue weighted by Crippen LogP contribution is -2.03. The molecule has 1 heterocycles. The molecule has 0 fully saturated rings. The molecule has 6 heteroatoms. The molecule has 0 spiro atoms. The number of halogens is 2. The summed E-state index contributed by atoms with van der Waals surface area (Å²) >= 11 is 0. The summed E-state index contributed by atoms with van der Waals surface area (Å²) in [5, 5.41) is 2.57. The maximum Gasteiger partial charge on any atom is 0.373 e. The second kappa shape index (κ2) is 5.51. The first-order valence-electron chi connectivity index (χ1n) is 5.46. The Kier molecular flexibility index (Phi) is 3.79. The summed E-state index contributed by atoms with van der Waals surface area (Å²) < 4.78 is 36.3. The third-order valence-electron chi connectivity index (χ3n) is 2.45. The fourth-order valence-electron chi connectivity index (χ4n) is 1.53. The minimum absolute atomic E-state index is 0.0355. The van der Waals surface area contributed by atoms with Gasteiger partial charge < -0.3 is 14.5 Å². The molecule has 0 atom stereocenters. The fourth-order valence-corrected chi connectivity index (χ4v) is 1.53. The van der Waals surface area contributed by atoms with Crippen LogP contribution in [0.3, 0.4) is 0 Å². The highest BCUT2D eigenvalue weighted by Gasteiger charge is 2.12. The predicted molar refractivity (Wildman–Crippen MR) is 63.7 cm³/mol. The number of nitrogens with one attached hydrogen (secondary N) is 1. The van der Waals surface area contributed by atoms with Crippen molar-refractivity contribution in [1.82, 2.24) is 0 Å². The zero-order valence-corrected chi connectivity index (χ0v) is 10.1. The Morgan fingerprint density at radius 3 is 2.58 bits per heavy atom. The van der Waals surface area contributed by atoms with Gasteiger partial charge in [0, 0.05) is 0 Å². The van der Waals surface area contributed by atoms with Gasteiger partial charge >= 0.3 is 5.97 Å². The van der Waals surface area contributed by atoms with Gasteiger partial charge in [-0.3, -0.25) is 0 Å². The highest BCUT2D eigenvalue weighted by atomic mass is 19.1. The molecule has 4 nitrogen and oxygen atoms in total. The number of hydrogen-bond acceptors (Lipinski definition) is 4. The van der Waals surface area contributed by atoms with Crippen LogP contribution in [0.15, 0.2) is 34.7 Å². The van der Waals surface area contributed by atoms with Crippen LogP contribution < -0.4 is 5.32 Å². The monoisotopic (exact) mass is 267 g/mol. The number of esters is 1. The molecule has 0 aliphatic carbocycles. The van der Waals surface area contributed by atoms with Crippen molar-refractivity contribution in [3.63, 3.8) is 0 Å². The van der Waals surface area contributed by atoms with E-state index in [-0.39, 0.29) is 18.0 Å². The molecule has 0 saturated carbocycles. The van der Waals surface area contributed by atoms with Crippen LogP contribution in [0.4, 0.5) is 14.5 Å². The molecule has 2 rings (SSSR count). The van der Waals surface area contributed by atoms with Gasteiger partial charge in [-0.2, -0.15) is 0 Å². The number of methoxy groups -OCH3 is 1. The summed E-state index contributed by atoms with van der Waals surface area (Å²) in [6.07, 6.45) is 0. The van der Waals surface area contributed by atoms with Gasteiger partial charge in [-0.05, 0) is 24.3 Å². The van der Waals surface area contributed by atoms with Crippen LogP contribution in [0.5, 0.6) is 0 Å². The zero-order valence-electron chi connectivity index (χ0n) is 10.1. The van der Waals surface area contributed by atoms with Crippen molar-refractivity contribution in [3.8, 4) is 0 Å². The Bertz CT molecular complexity index is 575. The number of rotatable bonds is 4. The number of benzene rings is 1. The van der Waals surface area contributed by atoms with E-state index >= 15 is 0 Å². The number of para-hydroxylation sites is 1.